The van der Waals surface area contributed by atoms with Crippen molar-refractivity contribution in [2.24, 2.45) is 5.92 Å². The lowest BCUT2D eigenvalue weighted by Crippen LogP contribution is -2.15. The first-order chi connectivity index (χ1) is 7.49. The van der Waals surface area contributed by atoms with Crippen molar-refractivity contribution in [2.75, 3.05) is 5.32 Å². The van der Waals surface area contributed by atoms with Crippen molar-refractivity contribution in [3.63, 3.8) is 0 Å². The van der Waals surface area contributed by atoms with Crippen LogP contribution in [0.1, 0.15) is 33.6 Å². The van der Waals surface area contributed by atoms with Gasteiger partial charge in [-0.1, -0.05) is 37.0 Å². The molecule has 0 spiro atoms. The summed E-state index contributed by atoms with van der Waals surface area (Å²) < 4.78 is 0. The average Bonchev–Trinajstić information content (AvgIpc) is 2.21. The average molecular weight is 260 g/mol. The van der Waals surface area contributed by atoms with Crippen LogP contribution in [0.25, 0.3) is 0 Å². The third kappa shape index (κ3) is 4.63. The number of hydrogen-bond donors (Lipinski definition) is 1. The lowest BCUT2D eigenvalue weighted by Gasteiger charge is -2.16. The lowest BCUT2D eigenvalue weighted by molar-refractivity contribution is 0.528. The summed E-state index contributed by atoms with van der Waals surface area (Å²) in [6.45, 7) is 6.67. The second kappa shape index (κ2) is 6.36. The first kappa shape index (κ1) is 13.7. The normalized spacial score (nSPS) is 12.9. The summed E-state index contributed by atoms with van der Waals surface area (Å²) in [6.07, 6.45) is 2.40. The van der Waals surface area contributed by atoms with Gasteiger partial charge in [0, 0.05) is 11.7 Å². The maximum absolute atomic E-state index is 5.95. The fourth-order valence-corrected chi connectivity index (χ4v) is 1.82. The second-order valence-corrected chi connectivity index (χ2v) is 5.46. The van der Waals surface area contributed by atoms with Crippen molar-refractivity contribution in [1.29, 1.82) is 0 Å². The van der Waals surface area contributed by atoms with E-state index in [0.29, 0.717) is 16.1 Å². The minimum absolute atomic E-state index is 0.458. The molecule has 1 atom stereocenters. The number of anilines is 1. The van der Waals surface area contributed by atoms with Gasteiger partial charge in [0.15, 0.2) is 0 Å². The van der Waals surface area contributed by atoms with Crippen LogP contribution in [0, 0.1) is 5.92 Å². The van der Waals surface area contributed by atoms with E-state index in [2.05, 4.69) is 26.1 Å². The van der Waals surface area contributed by atoms with Crippen molar-refractivity contribution in [3.8, 4) is 0 Å². The van der Waals surface area contributed by atoms with Crippen LogP contribution in [0.15, 0.2) is 18.2 Å². The summed E-state index contributed by atoms with van der Waals surface area (Å²) in [6, 6.07) is 6.11. The summed E-state index contributed by atoms with van der Waals surface area (Å²) >= 11 is 11.8. The van der Waals surface area contributed by atoms with Gasteiger partial charge in [-0.2, -0.15) is 0 Å². The molecule has 0 aliphatic rings. The molecule has 1 rings (SSSR count). The van der Waals surface area contributed by atoms with Crippen LogP contribution in [-0.4, -0.2) is 6.04 Å². The molecule has 3 heteroatoms. The number of rotatable bonds is 5. The zero-order chi connectivity index (χ0) is 12.1. The summed E-state index contributed by atoms with van der Waals surface area (Å²) in [7, 11) is 0. The molecule has 16 heavy (non-hydrogen) atoms. The Labute approximate surface area is 108 Å². The molecular weight excluding hydrogens is 241 g/mol. The highest BCUT2D eigenvalue weighted by Crippen LogP contribution is 2.25. The Morgan fingerprint density at radius 2 is 1.75 bits per heavy atom. The first-order valence-electron chi connectivity index (χ1n) is 5.70. The Hall–Kier alpha value is -0.400. The highest BCUT2D eigenvalue weighted by molar-refractivity contribution is 6.42. The molecule has 0 heterocycles. The SMILES string of the molecule is CC(C)CCC(C)Nc1ccc(Cl)c(Cl)c1. The monoisotopic (exact) mass is 259 g/mol. The molecule has 0 saturated carbocycles. The zero-order valence-corrected chi connectivity index (χ0v) is 11.6. The summed E-state index contributed by atoms with van der Waals surface area (Å²) in [5.74, 6) is 0.748. The largest absolute Gasteiger partial charge is 0.383 e. The number of benzene rings is 1. The van der Waals surface area contributed by atoms with Crippen LogP contribution < -0.4 is 5.32 Å². The quantitative estimate of drug-likeness (QED) is 0.764. The standard InChI is InChI=1S/C13H19Cl2N/c1-9(2)4-5-10(3)16-11-6-7-12(14)13(15)8-11/h6-10,16H,4-5H2,1-3H3. The van der Waals surface area contributed by atoms with Crippen molar-refractivity contribution in [1.82, 2.24) is 0 Å². The Morgan fingerprint density at radius 1 is 1.06 bits per heavy atom. The molecule has 0 fully saturated rings. The van der Waals surface area contributed by atoms with E-state index in [9.17, 15) is 0 Å². The Kier molecular flexibility index (Phi) is 5.43. The van der Waals surface area contributed by atoms with Crippen molar-refractivity contribution < 1.29 is 0 Å². The highest BCUT2D eigenvalue weighted by atomic mass is 35.5. The van der Waals surface area contributed by atoms with Crippen LogP contribution in [0.3, 0.4) is 0 Å². The van der Waals surface area contributed by atoms with E-state index in [1.165, 1.54) is 6.42 Å². The molecule has 1 unspecified atom stereocenters. The van der Waals surface area contributed by atoms with Gasteiger partial charge >= 0.3 is 0 Å². The Bertz CT molecular complexity index is 337. The molecule has 1 aromatic rings. The molecule has 0 aromatic heterocycles. The van der Waals surface area contributed by atoms with E-state index in [4.69, 9.17) is 23.2 Å². The molecule has 0 radical (unpaired) electrons. The number of halogens is 2. The second-order valence-electron chi connectivity index (χ2n) is 4.65. The molecular formula is C13H19Cl2N. The van der Waals surface area contributed by atoms with E-state index < -0.39 is 0 Å². The van der Waals surface area contributed by atoms with Crippen molar-refractivity contribution in [2.45, 2.75) is 39.7 Å². The Balaban J connectivity index is 2.49. The van der Waals surface area contributed by atoms with Crippen LogP contribution in [0.2, 0.25) is 10.0 Å². The highest BCUT2D eigenvalue weighted by Gasteiger charge is 2.05. The van der Waals surface area contributed by atoms with Gasteiger partial charge in [0.1, 0.15) is 0 Å². The van der Waals surface area contributed by atoms with E-state index in [1.807, 2.05) is 18.2 Å². The summed E-state index contributed by atoms with van der Waals surface area (Å²) in [4.78, 5) is 0. The predicted molar refractivity (Wildman–Crippen MR) is 73.6 cm³/mol. The number of hydrogen-bond acceptors (Lipinski definition) is 1. The smallest absolute Gasteiger partial charge is 0.0612 e. The molecule has 0 bridgehead atoms. The molecule has 0 saturated heterocycles. The van der Waals surface area contributed by atoms with Gasteiger partial charge in [0.05, 0.1) is 10.0 Å². The van der Waals surface area contributed by atoms with Crippen molar-refractivity contribution in [3.05, 3.63) is 28.2 Å². The van der Waals surface area contributed by atoms with E-state index >= 15 is 0 Å². The number of nitrogens with one attached hydrogen (secondary N) is 1. The van der Waals surface area contributed by atoms with E-state index in [1.54, 1.807) is 0 Å². The molecule has 90 valence electrons. The fraction of sp³-hybridized carbons (Fsp3) is 0.538. The summed E-state index contributed by atoms with van der Waals surface area (Å²) in [5.41, 5.74) is 1.03. The predicted octanol–water partition coefficient (Wildman–Crippen LogP) is 5.23. The van der Waals surface area contributed by atoms with Crippen molar-refractivity contribution >= 4 is 28.9 Å². The first-order valence-corrected chi connectivity index (χ1v) is 6.46. The van der Waals surface area contributed by atoms with Crippen LogP contribution in [0.5, 0.6) is 0 Å². The molecule has 1 N–H and O–H groups in total. The minimum Gasteiger partial charge on any atom is -0.383 e. The maximum Gasteiger partial charge on any atom is 0.0612 e. The molecule has 1 aromatic carbocycles. The minimum atomic E-state index is 0.458. The summed E-state index contributed by atoms with van der Waals surface area (Å²) in [5, 5.41) is 4.62. The fourth-order valence-electron chi connectivity index (χ4n) is 1.53. The molecule has 0 amide bonds. The van der Waals surface area contributed by atoms with Gasteiger partial charge in [-0.25, -0.2) is 0 Å². The van der Waals surface area contributed by atoms with E-state index in [0.717, 1.165) is 18.0 Å². The maximum atomic E-state index is 5.95. The molecule has 0 aliphatic carbocycles. The zero-order valence-electron chi connectivity index (χ0n) is 10.1. The van der Waals surface area contributed by atoms with Gasteiger partial charge in [-0.15, -0.1) is 0 Å². The Morgan fingerprint density at radius 3 is 2.31 bits per heavy atom. The van der Waals surface area contributed by atoms with Crippen LogP contribution in [0.4, 0.5) is 5.69 Å². The van der Waals surface area contributed by atoms with Gasteiger partial charge in [0.2, 0.25) is 0 Å². The van der Waals surface area contributed by atoms with Crippen LogP contribution >= 0.6 is 23.2 Å². The van der Waals surface area contributed by atoms with Gasteiger partial charge in [-0.3, -0.25) is 0 Å². The molecule has 0 aliphatic heterocycles. The van der Waals surface area contributed by atoms with Gasteiger partial charge < -0.3 is 5.32 Å². The van der Waals surface area contributed by atoms with Crippen LogP contribution in [-0.2, 0) is 0 Å². The van der Waals surface area contributed by atoms with Gasteiger partial charge in [-0.05, 0) is 43.9 Å². The lowest BCUT2D eigenvalue weighted by atomic mass is 10.0. The third-order valence-corrected chi connectivity index (χ3v) is 3.25. The topological polar surface area (TPSA) is 12.0 Å². The van der Waals surface area contributed by atoms with E-state index in [-0.39, 0.29) is 0 Å². The molecule has 1 nitrogen and oxygen atoms in total. The third-order valence-electron chi connectivity index (χ3n) is 2.51. The van der Waals surface area contributed by atoms with Gasteiger partial charge in [0.25, 0.3) is 0 Å².